The molecule has 5 heteroatoms. The van der Waals surface area contributed by atoms with Crippen LogP contribution in [-0.2, 0) is 0 Å². The van der Waals surface area contributed by atoms with Gasteiger partial charge in [0.15, 0.2) is 0 Å². The Morgan fingerprint density at radius 3 is 2.12 bits per heavy atom. The van der Waals surface area contributed by atoms with Crippen LogP contribution in [0.3, 0.4) is 0 Å². The Morgan fingerprint density at radius 2 is 1.33 bits per heavy atom. The Bertz CT molecular complexity index is 2110. The maximum Gasteiger partial charge on any atom is 0.149 e. The van der Waals surface area contributed by atoms with Crippen molar-refractivity contribution in [1.29, 1.82) is 5.26 Å². The zero-order valence-electron chi connectivity index (χ0n) is 22.5. The Kier molecular flexibility index (Phi) is 6.27. The number of para-hydroxylation sites is 3. The number of rotatable bonds is 5. The molecule has 0 fully saturated rings. The Labute approximate surface area is 243 Å². The van der Waals surface area contributed by atoms with Crippen LogP contribution in [0.25, 0.3) is 61.6 Å². The number of nitrogens with zero attached hydrogens (tertiary/aromatic N) is 4. The highest BCUT2D eigenvalue weighted by Gasteiger charge is 2.21. The van der Waals surface area contributed by atoms with Gasteiger partial charge in [-0.25, -0.2) is 4.98 Å². The summed E-state index contributed by atoms with van der Waals surface area (Å²) in [6, 6.07) is 45.7. The molecule has 0 aliphatic heterocycles. The van der Waals surface area contributed by atoms with E-state index in [4.69, 9.17) is 4.98 Å². The molecule has 2 heterocycles. The monoisotopic (exact) mass is 540 g/mol. The van der Waals surface area contributed by atoms with Crippen LogP contribution in [0.5, 0.6) is 5.75 Å². The average Bonchev–Trinajstić information content (AvgIpc) is 3.45. The van der Waals surface area contributed by atoms with Gasteiger partial charge in [0.1, 0.15) is 11.6 Å². The molecule has 0 saturated carbocycles. The molecule has 7 rings (SSSR count). The second kappa shape index (κ2) is 10.5. The highest BCUT2D eigenvalue weighted by Crippen LogP contribution is 2.40. The summed E-state index contributed by atoms with van der Waals surface area (Å²) in [6.45, 7) is 0. The number of aromatic hydroxyl groups is 1. The van der Waals surface area contributed by atoms with E-state index in [-0.39, 0.29) is 5.75 Å². The lowest BCUT2D eigenvalue weighted by Gasteiger charge is -2.15. The maximum atomic E-state index is 11.0. The fourth-order valence-corrected chi connectivity index (χ4v) is 5.48. The van der Waals surface area contributed by atoms with Gasteiger partial charge in [-0.05, 0) is 65.7 Å². The van der Waals surface area contributed by atoms with Gasteiger partial charge in [-0.1, -0.05) is 78.9 Å². The lowest BCUT2D eigenvalue weighted by atomic mass is 9.97. The fraction of sp³-hybridized carbons (Fsp3) is 0. The molecule has 7 aromatic rings. The van der Waals surface area contributed by atoms with E-state index in [1.165, 1.54) is 0 Å². The number of imidazole rings is 1. The predicted molar refractivity (Wildman–Crippen MR) is 167 cm³/mol. The first-order chi connectivity index (χ1) is 20.7. The SMILES string of the molecule is N#Cc1cc(-c2ccccn2)cc(-c2cccc3c2nc(-c2ccccc2O)n3-c2ccccc2-c2ccccc2)c1. The molecule has 1 N–H and O–H groups in total. The first-order valence-electron chi connectivity index (χ1n) is 13.6. The Hall–Kier alpha value is -5.99. The van der Waals surface area contributed by atoms with Crippen molar-refractivity contribution in [2.24, 2.45) is 0 Å². The molecule has 0 unspecified atom stereocenters. The average molecular weight is 541 g/mol. The van der Waals surface area contributed by atoms with Gasteiger partial charge in [0, 0.05) is 22.9 Å². The molecule has 5 aromatic carbocycles. The summed E-state index contributed by atoms with van der Waals surface area (Å²) in [5, 5.41) is 20.9. The quantitative estimate of drug-likeness (QED) is 0.237. The number of phenolic OH excluding ortho intramolecular Hbond substituents is 1. The number of hydrogen-bond donors (Lipinski definition) is 1. The van der Waals surface area contributed by atoms with Gasteiger partial charge >= 0.3 is 0 Å². The van der Waals surface area contributed by atoms with Gasteiger partial charge in [0.25, 0.3) is 0 Å². The van der Waals surface area contributed by atoms with Crippen LogP contribution in [0.1, 0.15) is 5.56 Å². The molecule has 0 aliphatic carbocycles. The van der Waals surface area contributed by atoms with Crippen LogP contribution < -0.4 is 0 Å². The molecule has 0 aliphatic rings. The number of hydrogen-bond acceptors (Lipinski definition) is 4. The van der Waals surface area contributed by atoms with E-state index in [1.807, 2.05) is 97.1 Å². The van der Waals surface area contributed by atoms with E-state index in [0.717, 1.165) is 50.2 Å². The molecule has 0 saturated heterocycles. The van der Waals surface area contributed by atoms with Crippen LogP contribution in [-0.4, -0.2) is 19.6 Å². The van der Waals surface area contributed by atoms with E-state index in [9.17, 15) is 10.4 Å². The molecular formula is C37H24N4O. The molecule has 0 atom stereocenters. The number of phenols is 1. The predicted octanol–water partition coefficient (Wildman–Crippen LogP) is 8.67. The standard InChI is InChI=1S/C37H24N4O/c38-24-25-21-27(23-28(22-25)32-16-8-9-20-39-32)30-15-10-18-34-36(30)40-37(31-14-5-7-19-35(31)42)41(34)33-17-6-4-13-29(33)26-11-2-1-3-12-26/h1-23,42H. The summed E-state index contributed by atoms with van der Waals surface area (Å²) in [4.78, 5) is 9.70. The molecule has 0 bridgehead atoms. The molecule has 198 valence electrons. The summed E-state index contributed by atoms with van der Waals surface area (Å²) in [5.41, 5.74) is 9.29. The van der Waals surface area contributed by atoms with Crippen molar-refractivity contribution < 1.29 is 5.11 Å². The van der Waals surface area contributed by atoms with Crippen molar-refractivity contribution in [2.75, 3.05) is 0 Å². The van der Waals surface area contributed by atoms with Crippen molar-refractivity contribution in [3.63, 3.8) is 0 Å². The van der Waals surface area contributed by atoms with Crippen molar-refractivity contribution in [3.05, 3.63) is 145 Å². The first-order valence-corrected chi connectivity index (χ1v) is 13.6. The van der Waals surface area contributed by atoms with E-state index in [1.54, 1.807) is 12.3 Å². The molecule has 2 aromatic heterocycles. The second-order valence-electron chi connectivity index (χ2n) is 9.97. The number of fused-ring (bicyclic) bond motifs is 1. The van der Waals surface area contributed by atoms with Crippen molar-refractivity contribution in [1.82, 2.24) is 14.5 Å². The maximum absolute atomic E-state index is 11.0. The van der Waals surface area contributed by atoms with Gasteiger partial charge in [-0.2, -0.15) is 5.26 Å². The van der Waals surface area contributed by atoms with Crippen LogP contribution in [0.4, 0.5) is 0 Å². The zero-order valence-corrected chi connectivity index (χ0v) is 22.5. The van der Waals surface area contributed by atoms with Crippen molar-refractivity contribution in [2.45, 2.75) is 0 Å². The largest absolute Gasteiger partial charge is 0.507 e. The van der Waals surface area contributed by atoms with Crippen molar-refractivity contribution >= 4 is 11.0 Å². The van der Waals surface area contributed by atoms with E-state index in [2.05, 4.69) is 46.0 Å². The van der Waals surface area contributed by atoms with Crippen molar-refractivity contribution in [3.8, 4) is 62.4 Å². The lowest BCUT2D eigenvalue weighted by molar-refractivity contribution is 0.477. The van der Waals surface area contributed by atoms with E-state index in [0.29, 0.717) is 17.0 Å². The summed E-state index contributed by atoms with van der Waals surface area (Å²) < 4.78 is 2.12. The second-order valence-corrected chi connectivity index (χ2v) is 9.97. The minimum absolute atomic E-state index is 0.150. The van der Waals surface area contributed by atoms with Crippen LogP contribution in [0, 0.1) is 11.3 Å². The number of pyridine rings is 1. The summed E-state index contributed by atoms with van der Waals surface area (Å²) >= 11 is 0. The Balaban J connectivity index is 1.53. The van der Waals surface area contributed by atoms with Gasteiger partial charge < -0.3 is 5.11 Å². The Morgan fingerprint density at radius 1 is 0.619 bits per heavy atom. The van der Waals surface area contributed by atoms with E-state index >= 15 is 0 Å². The molecule has 0 radical (unpaired) electrons. The highest BCUT2D eigenvalue weighted by molar-refractivity contribution is 5.97. The summed E-state index contributed by atoms with van der Waals surface area (Å²) in [6.07, 6.45) is 1.75. The minimum Gasteiger partial charge on any atom is -0.507 e. The normalized spacial score (nSPS) is 10.9. The molecule has 0 spiro atoms. The zero-order chi connectivity index (χ0) is 28.5. The van der Waals surface area contributed by atoms with E-state index < -0.39 is 0 Å². The third-order valence-electron chi connectivity index (χ3n) is 7.39. The van der Waals surface area contributed by atoms with Gasteiger partial charge in [-0.3, -0.25) is 9.55 Å². The molecule has 5 nitrogen and oxygen atoms in total. The number of aromatic nitrogens is 3. The summed E-state index contributed by atoms with van der Waals surface area (Å²) in [5.74, 6) is 0.775. The fourth-order valence-electron chi connectivity index (χ4n) is 5.48. The van der Waals surface area contributed by atoms with Gasteiger partial charge in [0.05, 0.1) is 39.6 Å². The summed E-state index contributed by atoms with van der Waals surface area (Å²) in [7, 11) is 0. The van der Waals surface area contributed by atoms with Crippen LogP contribution in [0.15, 0.2) is 140 Å². The first kappa shape index (κ1) is 25.0. The molecule has 0 amide bonds. The van der Waals surface area contributed by atoms with Gasteiger partial charge in [-0.15, -0.1) is 0 Å². The highest BCUT2D eigenvalue weighted by atomic mass is 16.3. The third-order valence-corrected chi connectivity index (χ3v) is 7.39. The van der Waals surface area contributed by atoms with Crippen LogP contribution >= 0.6 is 0 Å². The number of benzene rings is 5. The molecule has 42 heavy (non-hydrogen) atoms. The van der Waals surface area contributed by atoms with Gasteiger partial charge in [0.2, 0.25) is 0 Å². The number of nitriles is 1. The topological polar surface area (TPSA) is 74.7 Å². The minimum atomic E-state index is 0.150. The third kappa shape index (κ3) is 4.38. The lowest BCUT2D eigenvalue weighted by Crippen LogP contribution is -2.00. The molecular weight excluding hydrogens is 516 g/mol. The smallest absolute Gasteiger partial charge is 0.149 e. The van der Waals surface area contributed by atoms with Crippen LogP contribution in [0.2, 0.25) is 0 Å².